The van der Waals surface area contributed by atoms with E-state index in [2.05, 4.69) is 11.6 Å². The summed E-state index contributed by atoms with van der Waals surface area (Å²) in [5.41, 5.74) is -1.91. The Balaban J connectivity index is 3.56. The van der Waals surface area contributed by atoms with Gasteiger partial charge in [-0.05, 0) is 0 Å². The summed E-state index contributed by atoms with van der Waals surface area (Å²) in [7, 11) is 0. The molecule has 0 nitrogen and oxygen atoms in total. The van der Waals surface area contributed by atoms with Gasteiger partial charge in [0.15, 0.2) is 0 Å². The number of alkyl halides is 2. The molecule has 1 atom stereocenters. The molecule has 1 unspecified atom stereocenters. The van der Waals surface area contributed by atoms with Gasteiger partial charge in [0.1, 0.15) is 6.33 Å². The lowest BCUT2D eigenvalue weighted by atomic mass is 10.7. The maximum absolute atomic E-state index is 11.4. The van der Waals surface area contributed by atoms with Crippen LogP contribution in [0, 0.1) is 0 Å². The van der Waals surface area contributed by atoms with Crippen LogP contribution in [0.15, 0.2) is 11.4 Å². The molecule has 0 saturated heterocycles. The second-order valence-corrected chi connectivity index (χ2v) is 1.61. The first-order valence-electron chi connectivity index (χ1n) is 1.42. The van der Waals surface area contributed by atoms with E-state index in [0.29, 0.717) is 0 Å². The lowest BCUT2D eigenvalue weighted by Crippen LogP contribution is -1.83. The highest BCUT2D eigenvalue weighted by atomic mass is 35.5. The van der Waals surface area contributed by atoms with Crippen LogP contribution in [0.5, 0.6) is 0 Å². The molecule has 0 radical (unpaired) electrons. The van der Waals surface area contributed by atoms with Crippen LogP contribution in [-0.4, -0.2) is 5.63 Å². The standard InChI is InChI=1S/C3H2Cl2F2/c4-2(1-6)3(5)7/h1,3H/b2-1+. The third-order valence-electron chi connectivity index (χ3n) is 0.313. The topological polar surface area (TPSA) is 0 Å². The minimum atomic E-state index is -1.91. The fourth-order valence-corrected chi connectivity index (χ4v) is 0.0952. The number of allylic oxidation sites excluding steroid dienone is 1. The van der Waals surface area contributed by atoms with Crippen molar-refractivity contribution in [2.45, 2.75) is 5.63 Å². The van der Waals surface area contributed by atoms with Crippen molar-refractivity contribution in [3.05, 3.63) is 11.4 Å². The van der Waals surface area contributed by atoms with Crippen LogP contribution in [0.4, 0.5) is 8.78 Å². The maximum Gasteiger partial charge on any atom is 0.211 e. The molecule has 0 heterocycles. The zero-order chi connectivity index (χ0) is 5.86. The van der Waals surface area contributed by atoms with Crippen LogP contribution in [0.3, 0.4) is 0 Å². The fraction of sp³-hybridized carbons (Fsp3) is 0.333. The Morgan fingerprint density at radius 1 is 1.71 bits per heavy atom. The second-order valence-electron chi connectivity index (χ2n) is 0.795. The van der Waals surface area contributed by atoms with E-state index in [1.807, 2.05) is 0 Å². The molecule has 4 heteroatoms. The quantitative estimate of drug-likeness (QED) is 0.500. The number of hydrogen-bond acceptors (Lipinski definition) is 0. The van der Waals surface area contributed by atoms with Gasteiger partial charge in [-0.1, -0.05) is 23.2 Å². The van der Waals surface area contributed by atoms with Gasteiger partial charge >= 0.3 is 0 Å². The first-order chi connectivity index (χ1) is 3.18. The van der Waals surface area contributed by atoms with Crippen molar-refractivity contribution in [2.24, 2.45) is 0 Å². The SMILES string of the molecule is F/C=C(/Cl)C(F)Cl. The van der Waals surface area contributed by atoms with E-state index >= 15 is 0 Å². The molecule has 0 aliphatic carbocycles. The molecule has 42 valence electrons. The summed E-state index contributed by atoms with van der Waals surface area (Å²) < 4.78 is 22.4. The van der Waals surface area contributed by atoms with Crippen LogP contribution in [0.2, 0.25) is 0 Å². The van der Waals surface area contributed by atoms with Gasteiger partial charge in [-0.25, -0.2) is 8.78 Å². The molecule has 0 aromatic heterocycles. The molecular weight excluding hydrogens is 145 g/mol. The van der Waals surface area contributed by atoms with Crippen molar-refractivity contribution >= 4 is 23.2 Å². The molecule has 0 saturated carbocycles. The van der Waals surface area contributed by atoms with Gasteiger partial charge in [-0.3, -0.25) is 0 Å². The van der Waals surface area contributed by atoms with E-state index in [9.17, 15) is 8.78 Å². The van der Waals surface area contributed by atoms with Crippen LogP contribution < -0.4 is 0 Å². The van der Waals surface area contributed by atoms with E-state index in [0.717, 1.165) is 0 Å². The Morgan fingerprint density at radius 2 is 2.14 bits per heavy atom. The Kier molecular flexibility index (Phi) is 3.30. The highest BCUT2D eigenvalue weighted by Crippen LogP contribution is 2.14. The predicted molar refractivity (Wildman–Crippen MR) is 25.8 cm³/mol. The van der Waals surface area contributed by atoms with E-state index in [1.165, 1.54) is 0 Å². The van der Waals surface area contributed by atoms with E-state index in [1.54, 1.807) is 0 Å². The van der Waals surface area contributed by atoms with Crippen molar-refractivity contribution in [3.8, 4) is 0 Å². The van der Waals surface area contributed by atoms with Crippen molar-refractivity contribution in [1.82, 2.24) is 0 Å². The van der Waals surface area contributed by atoms with Gasteiger partial charge in [-0.15, -0.1) is 0 Å². The molecule has 0 aromatic carbocycles. The Hall–Kier alpha value is 0.180. The fourth-order valence-electron chi connectivity index (χ4n) is 0.0476. The molecule has 0 rings (SSSR count). The smallest absolute Gasteiger partial charge is 0.211 e. The summed E-state index contributed by atoms with van der Waals surface area (Å²) >= 11 is 9.40. The molecular formula is C3H2Cl2F2. The van der Waals surface area contributed by atoms with E-state index in [-0.39, 0.29) is 6.33 Å². The summed E-state index contributed by atoms with van der Waals surface area (Å²) in [6, 6.07) is 0. The summed E-state index contributed by atoms with van der Waals surface area (Å²) in [5.74, 6) is 0. The predicted octanol–water partition coefficient (Wildman–Crippen LogP) is 2.57. The summed E-state index contributed by atoms with van der Waals surface area (Å²) in [5, 5.41) is -0.623. The van der Waals surface area contributed by atoms with Crippen LogP contribution in [0.1, 0.15) is 0 Å². The van der Waals surface area contributed by atoms with Gasteiger partial charge in [0, 0.05) is 0 Å². The zero-order valence-corrected chi connectivity index (χ0v) is 4.68. The number of halogens is 4. The average Bonchev–Trinajstić information content (AvgIpc) is 1.65. The third-order valence-corrected chi connectivity index (χ3v) is 0.934. The van der Waals surface area contributed by atoms with E-state index < -0.39 is 10.7 Å². The van der Waals surface area contributed by atoms with Crippen LogP contribution in [0.25, 0.3) is 0 Å². The van der Waals surface area contributed by atoms with Gasteiger partial charge in [-0.2, -0.15) is 0 Å². The first kappa shape index (κ1) is 7.18. The summed E-state index contributed by atoms with van der Waals surface area (Å²) in [6.07, 6.45) is -0.0841. The molecule has 0 N–H and O–H groups in total. The third kappa shape index (κ3) is 2.83. The molecule has 0 fully saturated rings. The molecule has 0 aromatic rings. The molecule has 7 heavy (non-hydrogen) atoms. The van der Waals surface area contributed by atoms with Crippen LogP contribution >= 0.6 is 23.2 Å². The largest absolute Gasteiger partial charge is 0.224 e. The Labute approximate surface area is 49.7 Å². The van der Waals surface area contributed by atoms with Crippen molar-refractivity contribution < 1.29 is 8.78 Å². The lowest BCUT2D eigenvalue weighted by Gasteiger charge is -1.88. The first-order valence-corrected chi connectivity index (χ1v) is 2.24. The van der Waals surface area contributed by atoms with Crippen LogP contribution in [-0.2, 0) is 0 Å². The zero-order valence-electron chi connectivity index (χ0n) is 3.17. The van der Waals surface area contributed by atoms with Crippen molar-refractivity contribution in [3.63, 3.8) is 0 Å². The average molecular weight is 147 g/mol. The Bertz CT molecular complexity index is 79.0. The Morgan fingerprint density at radius 3 is 2.14 bits per heavy atom. The minimum absolute atomic E-state index is 0.0841. The molecule has 0 amide bonds. The van der Waals surface area contributed by atoms with Crippen molar-refractivity contribution in [1.29, 1.82) is 0 Å². The second kappa shape index (κ2) is 3.22. The van der Waals surface area contributed by atoms with E-state index in [4.69, 9.17) is 11.6 Å². The lowest BCUT2D eigenvalue weighted by molar-refractivity contribution is 0.499. The van der Waals surface area contributed by atoms with Gasteiger partial charge in [0.2, 0.25) is 5.63 Å². The van der Waals surface area contributed by atoms with Gasteiger partial charge < -0.3 is 0 Å². The number of rotatable bonds is 1. The summed E-state index contributed by atoms with van der Waals surface area (Å²) in [4.78, 5) is 0. The van der Waals surface area contributed by atoms with Gasteiger partial charge in [0.25, 0.3) is 0 Å². The number of hydrogen-bond donors (Lipinski definition) is 0. The molecule has 0 aliphatic rings. The molecule has 0 aliphatic heterocycles. The normalized spacial score (nSPS) is 16.9. The van der Waals surface area contributed by atoms with Crippen molar-refractivity contribution in [2.75, 3.05) is 0 Å². The molecule has 0 bridgehead atoms. The maximum atomic E-state index is 11.4. The summed E-state index contributed by atoms with van der Waals surface area (Å²) in [6.45, 7) is 0. The highest BCUT2D eigenvalue weighted by Gasteiger charge is 2.03. The minimum Gasteiger partial charge on any atom is -0.224 e. The van der Waals surface area contributed by atoms with Gasteiger partial charge in [0.05, 0.1) is 5.03 Å². The monoisotopic (exact) mass is 146 g/mol. The highest BCUT2D eigenvalue weighted by molar-refractivity contribution is 6.36. The molecule has 0 spiro atoms.